The average Bonchev–Trinajstić information content (AvgIpc) is 2.36. The highest BCUT2D eigenvalue weighted by Crippen LogP contribution is 2.18. The van der Waals surface area contributed by atoms with Crippen LogP contribution in [-0.2, 0) is 16.4 Å². The van der Waals surface area contributed by atoms with Gasteiger partial charge >= 0.3 is 0 Å². The maximum Gasteiger partial charge on any atom is 0.147 e. The lowest BCUT2D eigenvalue weighted by atomic mass is 10.1. The number of ether oxygens (including phenoxy) is 1. The molecule has 1 N–H and O–H groups in total. The van der Waals surface area contributed by atoms with E-state index < -0.39 is 9.84 Å². The van der Waals surface area contributed by atoms with Gasteiger partial charge in [0.2, 0.25) is 0 Å². The van der Waals surface area contributed by atoms with Crippen LogP contribution in [-0.4, -0.2) is 34.1 Å². The quantitative estimate of drug-likeness (QED) is 0.757. The SMILES string of the molecule is COc1ccc(CNCCCS(C)(=O)=O)cc1C#N. The molecular weight excluding hydrogens is 264 g/mol. The van der Waals surface area contributed by atoms with Crippen molar-refractivity contribution in [2.24, 2.45) is 0 Å². The van der Waals surface area contributed by atoms with E-state index >= 15 is 0 Å². The third kappa shape index (κ3) is 5.73. The second-order valence-electron chi connectivity index (χ2n) is 4.31. The van der Waals surface area contributed by atoms with E-state index in [2.05, 4.69) is 11.4 Å². The molecule has 0 radical (unpaired) electrons. The highest BCUT2D eigenvalue weighted by molar-refractivity contribution is 7.90. The molecule has 0 aliphatic rings. The molecule has 0 heterocycles. The Labute approximate surface area is 114 Å². The van der Waals surface area contributed by atoms with E-state index in [1.807, 2.05) is 6.07 Å². The Morgan fingerprint density at radius 2 is 2.16 bits per heavy atom. The molecule has 19 heavy (non-hydrogen) atoms. The maximum atomic E-state index is 10.9. The van der Waals surface area contributed by atoms with Gasteiger partial charge in [0.25, 0.3) is 0 Å². The molecule has 104 valence electrons. The van der Waals surface area contributed by atoms with Crippen molar-refractivity contribution >= 4 is 9.84 Å². The van der Waals surface area contributed by atoms with Crippen molar-refractivity contribution in [2.45, 2.75) is 13.0 Å². The highest BCUT2D eigenvalue weighted by Gasteiger charge is 2.04. The van der Waals surface area contributed by atoms with Gasteiger partial charge in [0, 0.05) is 12.8 Å². The molecule has 0 spiro atoms. The zero-order valence-corrected chi connectivity index (χ0v) is 12.0. The summed E-state index contributed by atoms with van der Waals surface area (Å²) in [5.41, 5.74) is 1.47. The van der Waals surface area contributed by atoms with Crippen LogP contribution in [0, 0.1) is 11.3 Å². The summed E-state index contributed by atoms with van der Waals surface area (Å²) in [6.07, 6.45) is 1.82. The molecule has 5 nitrogen and oxygen atoms in total. The van der Waals surface area contributed by atoms with Crippen LogP contribution in [0.4, 0.5) is 0 Å². The molecular formula is C13H18N2O3S. The minimum absolute atomic E-state index is 0.187. The van der Waals surface area contributed by atoms with Gasteiger partial charge in [0.05, 0.1) is 18.4 Å². The van der Waals surface area contributed by atoms with Crippen molar-refractivity contribution in [3.8, 4) is 11.8 Å². The van der Waals surface area contributed by atoms with Crippen LogP contribution in [0.3, 0.4) is 0 Å². The summed E-state index contributed by atoms with van der Waals surface area (Å²) in [4.78, 5) is 0. The molecule has 0 atom stereocenters. The zero-order chi connectivity index (χ0) is 14.3. The standard InChI is InChI=1S/C13H18N2O3S/c1-18-13-5-4-11(8-12(13)9-14)10-15-6-3-7-19(2,16)17/h4-5,8,15H,3,6-7,10H2,1-2H3. The van der Waals surface area contributed by atoms with E-state index in [-0.39, 0.29) is 5.75 Å². The van der Waals surface area contributed by atoms with E-state index in [1.54, 1.807) is 12.1 Å². The Kier molecular flexibility index (Phi) is 5.80. The molecule has 1 rings (SSSR count). The molecule has 0 bridgehead atoms. The summed E-state index contributed by atoms with van der Waals surface area (Å²) in [5.74, 6) is 0.745. The first-order valence-electron chi connectivity index (χ1n) is 5.91. The van der Waals surface area contributed by atoms with Gasteiger partial charge in [-0.15, -0.1) is 0 Å². The monoisotopic (exact) mass is 282 g/mol. The Bertz CT molecular complexity index is 562. The largest absolute Gasteiger partial charge is 0.495 e. The highest BCUT2D eigenvalue weighted by atomic mass is 32.2. The molecule has 0 unspecified atom stereocenters. The van der Waals surface area contributed by atoms with Gasteiger partial charge < -0.3 is 10.1 Å². The summed E-state index contributed by atoms with van der Waals surface area (Å²) in [6.45, 7) is 1.23. The molecule has 6 heteroatoms. The number of nitrogens with one attached hydrogen (secondary N) is 1. The minimum atomic E-state index is -2.89. The van der Waals surface area contributed by atoms with E-state index in [4.69, 9.17) is 10.00 Å². The molecule has 0 aliphatic heterocycles. The van der Waals surface area contributed by atoms with Gasteiger partial charge in [-0.2, -0.15) is 5.26 Å². The fourth-order valence-electron chi connectivity index (χ4n) is 1.64. The topological polar surface area (TPSA) is 79.2 Å². The Morgan fingerprint density at radius 3 is 2.74 bits per heavy atom. The number of nitriles is 1. The van der Waals surface area contributed by atoms with Crippen molar-refractivity contribution < 1.29 is 13.2 Å². The van der Waals surface area contributed by atoms with Crippen LogP contribution in [0.1, 0.15) is 17.5 Å². The molecule has 0 fully saturated rings. The molecule has 1 aromatic rings. The van der Waals surface area contributed by atoms with Crippen molar-refractivity contribution in [3.05, 3.63) is 29.3 Å². The fourth-order valence-corrected chi connectivity index (χ4v) is 2.31. The molecule has 0 aliphatic carbocycles. The van der Waals surface area contributed by atoms with Crippen molar-refractivity contribution in [1.29, 1.82) is 5.26 Å². The van der Waals surface area contributed by atoms with Gasteiger partial charge in [0.1, 0.15) is 21.7 Å². The van der Waals surface area contributed by atoms with Crippen molar-refractivity contribution in [2.75, 3.05) is 25.7 Å². The molecule has 0 aromatic heterocycles. The predicted octanol–water partition coefficient (Wildman–Crippen LogP) is 1.09. The van der Waals surface area contributed by atoms with Crippen LogP contribution in [0.25, 0.3) is 0 Å². The van der Waals surface area contributed by atoms with Crippen LogP contribution >= 0.6 is 0 Å². The molecule has 1 aromatic carbocycles. The first-order chi connectivity index (χ1) is 8.96. The first kappa shape index (κ1) is 15.5. The summed E-state index contributed by atoms with van der Waals surface area (Å²) in [7, 11) is -1.36. The average molecular weight is 282 g/mol. The van der Waals surface area contributed by atoms with E-state index in [0.29, 0.717) is 30.8 Å². The lowest BCUT2D eigenvalue weighted by molar-refractivity contribution is 0.413. The Hall–Kier alpha value is -1.58. The van der Waals surface area contributed by atoms with Crippen molar-refractivity contribution in [1.82, 2.24) is 5.32 Å². The molecule has 0 saturated carbocycles. The number of methoxy groups -OCH3 is 1. The smallest absolute Gasteiger partial charge is 0.147 e. The van der Waals surface area contributed by atoms with Crippen LogP contribution in [0.15, 0.2) is 18.2 Å². The third-order valence-corrected chi connectivity index (χ3v) is 3.61. The second kappa shape index (κ2) is 7.12. The number of benzene rings is 1. The summed E-state index contributed by atoms with van der Waals surface area (Å²) < 4.78 is 26.9. The van der Waals surface area contributed by atoms with Crippen molar-refractivity contribution in [3.63, 3.8) is 0 Å². The first-order valence-corrected chi connectivity index (χ1v) is 7.98. The second-order valence-corrected chi connectivity index (χ2v) is 6.57. The van der Waals surface area contributed by atoms with Crippen LogP contribution in [0.5, 0.6) is 5.75 Å². The van der Waals surface area contributed by atoms with Crippen LogP contribution < -0.4 is 10.1 Å². The Morgan fingerprint density at radius 1 is 1.42 bits per heavy atom. The summed E-state index contributed by atoms with van der Waals surface area (Å²) in [5, 5.41) is 12.1. The number of hydrogen-bond donors (Lipinski definition) is 1. The normalized spacial score (nSPS) is 11.0. The summed E-state index contributed by atoms with van der Waals surface area (Å²) in [6, 6.07) is 7.48. The molecule has 0 amide bonds. The van der Waals surface area contributed by atoms with Gasteiger partial charge in [-0.25, -0.2) is 8.42 Å². The summed E-state index contributed by atoms with van der Waals surface area (Å²) >= 11 is 0. The lowest BCUT2D eigenvalue weighted by Gasteiger charge is -2.07. The van der Waals surface area contributed by atoms with E-state index in [0.717, 1.165) is 5.56 Å². The minimum Gasteiger partial charge on any atom is -0.495 e. The van der Waals surface area contributed by atoms with Gasteiger partial charge in [-0.1, -0.05) is 6.07 Å². The number of rotatable bonds is 7. The maximum absolute atomic E-state index is 10.9. The van der Waals surface area contributed by atoms with E-state index in [1.165, 1.54) is 13.4 Å². The third-order valence-electron chi connectivity index (χ3n) is 2.58. The van der Waals surface area contributed by atoms with Gasteiger partial charge in [-0.05, 0) is 30.7 Å². The number of hydrogen-bond acceptors (Lipinski definition) is 5. The lowest BCUT2D eigenvalue weighted by Crippen LogP contribution is -2.17. The molecule has 0 saturated heterocycles. The number of sulfone groups is 1. The van der Waals surface area contributed by atoms with Gasteiger partial charge in [0.15, 0.2) is 0 Å². The predicted molar refractivity (Wildman–Crippen MR) is 73.7 cm³/mol. The zero-order valence-electron chi connectivity index (χ0n) is 11.1. The number of nitrogens with zero attached hydrogens (tertiary/aromatic N) is 1. The fraction of sp³-hybridized carbons (Fsp3) is 0.462. The Balaban J connectivity index is 2.44. The van der Waals surface area contributed by atoms with Gasteiger partial charge in [-0.3, -0.25) is 0 Å². The van der Waals surface area contributed by atoms with E-state index in [9.17, 15) is 8.42 Å². The van der Waals surface area contributed by atoms with Crippen LogP contribution in [0.2, 0.25) is 0 Å².